The molecular weight excluding hydrogens is 663 g/mol. The van der Waals surface area contributed by atoms with Crippen molar-refractivity contribution in [1.82, 2.24) is 0 Å². The summed E-state index contributed by atoms with van der Waals surface area (Å²) in [6, 6.07) is 0. The van der Waals surface area contributed by atoms with E-state index in [9.17, 15) is 92.2 Å². The van der Waals surface area contributed by atoms with E-state index in [0.717, 1.165) is 11.8 Å². The fourth-order valence-electron chi connectivity index (χ4n) is 1.90. The lowest BCUT2D eigenvalue weighted by atomic mass is 10.0. The zero-order valence-corrected chi connectivity index (χ0v) is 18.5. The lowest BCUT2D eigenvalue weighted by Crippen LogP contribution is -2.71. The molecule has 0 fully saturated rings. The Balaban J connectivity index is 6.47. The zero-order chi connectivity index (χ0) is 33.4. The lowest BCUT2D eigenvalue weighted by Gasteiger charge is -2.41. The molecule has 1 unspecified atom stereocenters. The van der Waals surface area contributed by atoms with Gasteiger partial charge in [-0.2, -0.15) is 74.6 Å². The van der Waals surface area contributed by atoms with Crippen LogP contribution in [0.4, 0.5) is 92.2 Å². The maximum Gasteiger partial charge on any atom is 0.527 e. The molecular formula is C14H9F21O6. The third-order valence-corrected chi connectivity index (χ3v) is 3.61. The summed E-state index contributed by atoms with van der Waals surface area (Å²) < 4.78 is 289. The van der Waals surface area contributed by atoms with Gasteiger partial charge in [0.1, 0.15) is 6.61 Å². The number of ether oxygens (including phenoxy) is 6. The van der Waals surface area contributed by atoms with Crippen molar-refractivity contribution in [3.05, 3.63) is 0 Å². The highest BCUT2D eigenvalue weighted by atomic mass is 19.4. The molecule has 0 aromatic rings. The van der Waals surface area contributed by atoms with Crippen LogP contribution >= 0.6 is 0 Å². The monoisotopic (exact) mass is 672 g/mol. The molecule has 0 rings (SSSR count). The molecule has 0 spiro atoms. The Labute approximate surface area is 210 Å². The smallest absolute Gasteiger partial charge is 0.382 e. The summed E-state index contributed by atoms with van der Waals surface area (Å²) in [6.07, 6.45) is -68.7. The first kappa shape index (κ1) is 39.3. The number of methoxy groups -OCH3 is 1. The van der Waals surface area contributed by atoms with E-state index in [1.807, 2.05) is 0 Å². The standard InChI is InChI=1S/C14H9F21O6/c1-36-2-3-37-4-5(15,16)38-10(25,26)11(27,28)39-8(21,22)6(17,7(18,19)20)9(23,24)40-12(29,30)13(31,32)41-14(33,34)35/h2-4H2,1H3. The molecule has 0 N–H and O–H groups in total. The van der Waals surface area contributed by atoms with Crippen molar-refractivity contribution in [2.75, 3.05) is 26.9 Å². The van der Waals surface area contributed by atoms with Crippen molar-refractivity contribution in [1.29, 1.82) is 0 Å². The van der Waals surface area contributed by atoms with Crippen LogP contribution in [0, 0.1) is 0 Å². The van der Waals surface area contributed by atoms with Gasteiger partial charge in [-0.25, -0.2) is 23.3 Å². The minimum Gasteiger partial charge on any atom is -0.382 e. The van der Waals surface area contributed by atoms with E-state index < -0.39 is 80.8 Å². The van der Waals surface area contributed by atoms with E-state index in [0.29, 0.717) is 0 Å². The van der Waals surface area contributed by atoms with Gasteiger partial charge in [0.25, 0.3) is 0 Å². The second-order valence-electron chi connectivity index (χ2n) is 6.79. The van der Waals surface area contributed by atoms with Crippen LogP contribution in [0.1, 0.15) is 0 Å². The summed E-state index contributed by atoms with van der Waals surface area (Å²) >= 11 is 0. The molecule has 41 heavy (non-hydrogen) atoms. The van der Waals surface area contributed by atoms with Crippen molar-refractivity contribution < 1.29 is 121 Å². The fraction of sp³-hybridized carbons (Fsp3) is 1.00. The topological polar surface area (TPSA) is 55.4 Å². The Morgan fingerprint density at radius 1 is 0.415 bits per heavy atom. The van der Waals surface area contributed by atoms with Crippen molar-refractivity contribution in [3.63, 3.8) is 0 Å². The first-order chi connectivity index (χ1) is 17.6. The Hall–Kier alpha value is -1.71. The van der Waals surface area contributed by atoms with Crippen molar-refractivity contribution in [2.45, 2.75) is 61.0 Å². The highest BCUT2D eigenvalue weighted by Crippen LogP contribution is 2.59. The molecule has 6 nitrogen and oxygen atoms in total. The third kappa shape index (κ3) is 9.14. The second kappa shape index (κ2) is 11.8. The number of halogens is 21. The van der Waals surface area contributed by atoms with Gasteiger partial charge in [0.2, 0.25) is 0 Å². The van der Waals surface area contributed by atoms with Gasteiger partial charge in [0.05, 0.1) is 13.2 Å². The van der Waals surface area contributed by atoms with Crippen molar-refractivity contribution in [2.24, 2.45) is 0 Å². The van der Waals surface area contributed by atoms with Crippen molar-refractivity contribution >= 4 is 0 Å². The van der Waals surface area contributed by atoms with Crippen LogP contribution in [0.5, 0.6) is 0 Å². The number of alkyl halides is 21. The van der Waals surface area contributed by atoms with Crippen LogP contribution in [-0.4, -0.2) is 87.9 Å². The number of hydrogen-bond acceptors (Lipinski definition) is 6. The molecule has 0 radical (unpaired) electrons. The molecule has 0 aromatic heterocycles. The average molecular weight is 672 g/mol. The van der Waals surface area contributed by atoms with Crippen LogP contribution in [0.25, 0.3) is 0 Å². The van der Waals surface area contributed by atoms with Crippen LogP contribution in [0.3, 0.4) is 0 Å². The Morgan fingerprint density at radius 3 is 1.07 bits per heavy atom. The first-order valence-corrected chi connectivity index (χ1v) is 8.98. The summed E-state index contributed by atoms with van der Waals surface area (Å²) in [5.41, 5.74) is -8.73. The third-order valence-electron chi connectivity index (χ3n) is 3.61. The normalized spacial score (nSPS) is 17.1. The molecule has 0 amide bonds. The van der Waals surface area contributed by atoms with Crippen molar-refractivity contribution in [3.8, 4) is 0 Å². The minimum atomic E-state index is -8.73. The Morgan fingerprint density at radius 2 is 0.756 bits per heavy atom. The molecule has 0 saturated heterocycles. The van der Waals surface area contributed by atoms with E-state index >= 15 is 0 Å². The van der Waals surface area contributed by atoms with E-state index in [1.165, 1.54) is 9.47 Å². The van der Waals surface area contributed by atoms with Gasteiger partial charge in [0, 0.05) is 7.11 Å². The molecule has 0 aromatic carbocycles. The molecule has 1 atom stereocenters. The first-order valence-electron chi connectivity index (χ1n) is 8.98. The quantitative estimate of drug-likeness (QED) is 0.135. The zero-order valence-electron chi connectivity index (χ0n) is 18.5. The van der Waals surface area contributed by atoms with E-state index in [4.69, 9.17) is 0 Å². The fourth-order valence-corrected chi connectivity index (χ4v) is 1.90. The lowest BCUT2D eigenvalue weighted by molar-refractivity contribution is -0.576. The highest BCUT2D eigenvalue weighted by Gasteiger charge is 2.89. The molecule has 0 aliphatic carbocycles. The summed E-state index contributed by atoms with van der Waals surface area (Å²) in [5, 5.41) is 0. The predicted octanol–water partition coefficient (Wildman–Crippen LogP) is 6.66. The number of rotatable bonds is 16. The molecule has 0 aliphatic heterocycles. The minimum absolute atomic E-state index is 0.586. The van der Waals surface area contributed by atoms with Gasteiger partial charge in [-0.15, -0.1) is 13.2 Å². The van der Waals surface area contributed by atoms with E-state index in [2.05, 4.69) is 14.2 Å². The average Bonchev–Trinajstić information content (AvgIpc) is 2.65. The van der Waals surface area contributed by atoms with Crippen LogP contribution < -0.4 is 0 Å². The van der Waals surface area contributed by atoms with E-state index in [-0.39, 0.29) is 0 Å². The SMILES string of the molecule is COCCOCC(F)(F)OC(F)(F)C(F)(F)OC(F)(F)C(F)(C(F)(F)F)C(F)(F)OC(F)(F)C(F)(F)OC(F)(F)F. The van der Waals surface area contributed by atoms with Crippen LogP contribution in [0.2, 0.25) is 0 Å². The predicted molar refractivity (Wildman–Crippen MR) is 77.6 cm³/mol. The van der Waals surface area contributed by atoms with Crippen LogP contribution in [-0.2, 0) is 28.4 Å². The summed E-state index contributed by atoms with van der Waals surface area (Å²) in [7, 11) is 0.910. The largest absolute Gasteiger partial charge is 0.527 e. The van der Waals surface area contributed by atoms with Crippen LogP contribution in [0.15, 0.2) is 0 Å². The van der Waals surface area contributed by atoms with Gasteiger partial charge in [-0.05, 0) is 0 Å². The maximum atomic E-state index is 14.1. The second-order valence-corrected chi connectivity index (χ2v) is 6.79. The molecule has 27 heteroatoms. The summed E-state index contributed by atoms with van der Waals surface area (Å²) in [4.78, 5) is 0. The van der Waals surface area contributed by atoms with Gasteiger partial charge in [-0.3, -0.25) is 0 Å². The maximum absolute atomic E-state index is 14.1. The molecule has 0 saturated carbocycles. The van der Waals surface area contributed by atoms with E-state index in [1.54, 1.807) is 0 Å². The molecule has 0 heterocycles. The van der Waals surface area contributed by atoms with Gasteiger partial charge in [-0.1, -0.05) is 0 Å². The molecule has 0 aliphatic rings. The highest BCUT2D eigenvalue weighted by molar-refractivity contribution is 5.03. The number of hydrogen-bond donors (Lipinski definition) is 0. The van der Waals surface area contributed by atoms with Gasteiger partial charge >= 0.3 is 61.0 Å². The molecule has 248 valence electrons. The summed E-state index contributed by atoms with van der Waals surface area (Å²) in [6.45, 7) is -4.00. The summed E-state index contributed by atoms with van der Waals surface area (Å²) in [5.74, 6) is 0. The Bertz CT molecular complexity index is 855. The molecule has 0 bridgehead atoms. The van der Waals surface area contributed by atoms with Gasteiger partial charge in [0.15, 0.2) is 0 Å². The Kier molecular flexibility index (Phi) is 11.3. The van der Waals surface area contributed by atoms with Gasteiger partial charge < -0.3 is 9.47 Å².